The van der Waals surface area contributed by atoms with Gasteiger partial charge in [0.25, 0.3) is 5.91 Å². The maximum atomic E-state index is 13.4. The molecule has 0 aliphatic carbocycles. The van der Waals surface area contributed by atoms with E-state index in [1.165, 1.54) is 30.5 Å². The Morgan fingerprint density at radius 3 is 2.31 bits per heavy atom. The summed E-state index contributed by atoms with van der Waals surface area (Å²) in [6, 6.07) is 10.8. The first-order valence-electron chi connectivity index (χ1n) is 12.7. The molecule has 1 aliphatic rings. The number of oxazole rings is 1. The molecule has 2 aromatic carbocycles. The third-order valence-electron chi connectivity index (χ3n) is 6.47. The zero-order chi connectivity index (χ0) is 28.0. The predicted molar refractivity (Wildman–Crippen MR) is 133 cm³/mol. The van der Waals surface area contributed by atoms with Gasteiger partial charge in [-0.2, -0.15) is 13.2 Å². The minimum atomic E-state index is -4.43. The Bertz CT molecular complexity index is 1260. The van der Waals surface area contributed by atoms with Crippen LogP contribution in [0.3, 0.4) is 0 Å². The molecule has 0 N–H and O–H groups in total. The lowest BCUT2D eigenvalue weighted by atomic mass is 9.98. The van der Waals surface area contributed by atoms with E-state index in [1.54, 1.807) is 24.0 Å². The number of nitrogens with zero attached hydrogens (tertiary/aromatic N) is 3. The van der Waals surface area contributed by atoms with E-state index in [0.29, 0.717) is 31.5 Å². The summed E-state index contributed by atoms with van der Waals surface area (Å²) in [5.74, 6) is -1.20. The highest BCUT2D eigenvalue weighted by Crippen LogP contribution is 2.29. The van der Waals surface area contributed by atoms with Crippen molar-refractivity contribution in [2.24, 2.45) is 5.92 Å². The molecule has 0 spiro atoms. The number of likely N-dealkylation sites (tertiary alicyclic amines) is 1. The first-order chi connectivity index (χ1) is 18.6. The van der Waals surface area contributed by atoms with E-state index in [1.807, 2.05) is 4.90 Å². The summed E-state index contributed by atoms with van der Waals surface area (Å²) in [6.45, 7) is 3.48. The number of esters is 1. The van der Waals surface area contributed by atoms with Crippen LogP contribution in [0.1, 0.15) is 52.8 Å². The Morgan fingerprint density at radius 2 is 1.69 bits per heavy atom. The number of carbonyl (C=O) groups is 2. The lowest BCUT2D eigenvalue weighted by molar-refractivity contribution is -0.149. The van der Waals surface area contributed by atoms with E-state index in [0.717, 1.165) is 17.7 Å². The van der Waals surface area contributed by atoms with Crippen molar-refractivity contribution in [1.82, 2.24) is 14.8 Å². The average Bonchev–Trinajstić information content (AvgIpc) is 3.38. The highest BCUT2D eigenvalue weighted by atomic mass is 19.4. The maximum Gasteiger partial charge on any atom is 0.416 e. The fraction of sp³-hybridized carbons (Fsp3) is 0.393. The van der Waals surface area contributed by atoms with Gasteiger partial charge >= 0.3 is 12.1 Å². The Balaban J connectivity index is 1.47. The topological polar surface area (TPSA) is 75.9 Å². The number of halogens is 4. The number of hydrogen-bond acceptors (Lipinski definition) is 6. The standard InChI is InChI=1S/C28H29F4N3O4/c1-2-38-27(37)21-4-3-13-35(16-21)26(36)24-18-39-25(33-24)17-34(15-20-7-11-23(29)12-8-20)14-19-5-9-22(10-6-19)28(30,31)32/h5-12,18,21H,2-4,13-17H2,1H3/t21-/m0/s1. The van der Waals surface area contributed by atoms with Gasteiger partial charge in [-0.3, -0.25) is 14.5 Å². The van der Waals surface area contributed by atoms with Crippen LogP contribution in [0.25, 0.3) is 0 Å². The van der Waals surface area contributed by atoms with E-state index in [9.17, 15) is 27.2 Å². The molecule has 1 amide bonds. The van der Waals surface area contributed by atoms with Crippen LogP contribution in [0.2, 0.25) is 0 Å². The lowest BCUT2D eigenvalue weighted by Crippen LogP contribution is -2.43. The van der Waals surface area contributed by atoms with Gasteiger partial charge in [0.15, 0.2) is 5.69 Å². The summed E-state index contributed by atoms with van der Waals surface area (Å²) < 4.78 is 63.0. The molecule has 3 aromatic rings. The van der Waals surface area contributed by atoms with Crippen LogP contribution in [-0.2, 0) is 35.3 Å². The van der Waals surface area contributed by atoms with Gasteiger partial charge in [-0.25, -0.2) is 9.37 Å². The Hall–Kier alpha value is -3.73. The lowest BCUT2D eigenvalue weighted by Gasteiger charge is -2.30. The smallest absolute Gasteiger partial charge is 0.416 e. The molecule has 4 rings (SSSR count). The predicted octanol–water partition coefficient (Wildman–Crippen LogP) is 5.45. The van der Waals surface area contributed by atoms with Crippen molar-refractivity contribution in [2.45, 2.75) is 45.6 Å². The van der Waals surface area contributed by atoms with E-state index in [2.05, 4.69) is 4.98 Å². The van der Waals surface area contributed by atoms with Gasteiger partial charge < -0.3 is 14.1 Å². The molecular weight excluding hydrogens is 518 g/mol. The van der Waals surface area contributed by atoms with Crippen LogP contribution in [0.5, 0.6) is 0 Å². The maximum absolute atomic E-state index is 13.4. The van der Waals surface area contributed by atoms with Crippen molar-refractivity contribution in [3.8, 4) is 0 Å². The molecule has 1 aliphatic heterocycles. The first-order valence-corrected chi connectivity index (χ1v) is 12.7. The summed E-state index contributed by atoms with van der Waals surface area (Å²) in [6.07, 6.45) is -1.86. The van der Waals surface area contributed by atoms with Crippen molar-refractivity contribution in [3.05, 3.63) is 88.9 Å². The van der Waals surface area contributed by atoms with Gasteiger partial charge in [0.1, 0.15) is 12.1 Å². The van der Waals surface area contributed by atoms with Gasteiger partial charge in [0, 0.05) is 26.2 Å². The van der Waals surface area contributed by atoms with Crippen molar-refractivity contribution >= 4 is 11.9 Å². The van der Waals surface area contributed by atoms with Gasteiger partial charge in [-0.05, 0) is 55.2 Å². The Morgan fingerprint density at radius 1 is 1.05 bits per heavy atom. The fourth-order valence-electron chi connectivity index (χ4n) is 4.52. The number of piperidine rings is 1. The molecular formula is C28H29F4N3O4. The molecule has 39 heavy (non-hydrogen) atoms. The highest BCUT2D eigenvalue weighted by molar-refractivity contribution is 5.92. The SMILES string of the molecule is CCOC(=O)[C@H]1CCCN(C(=O)c2coc(CN(Cc3ccc(F)cc3)Cc3ccc(C(F)(F)F)cc3)n2)C1. The third-order valence-corrected chi connectivity index (χ3v) is 6.47. The van der Waals surface area contributed by atoms with Crippen LogP contribution in [0.4, 0.5) is 17.6 Å². The molecule has 11 heteroatoms. The average molecular weight is 548 g/mol. The van der Waals surface area contributed by atoms with Crippen molar-refractivity contribution < 1.29 is 36.3 Å². The van der Waals surface area contributed by atoms with Crippen LogP contribution in [0.15, 0.2) is 59.2 Å². The summed E-state index contributed by atoms with van der Waals surface area (Å²) in [5, 5.41) is 0. The zero-order valence-electron chi connectivity index (χ0n) is 21.4. The highest BCUT2D eigenvalue weighted by Gasteiger charge is 2.31. The number of ether oxygens (including phenoxy) is 1. The molecule has 1 aromatic heterocycles. The van der Waals surface area contributed by atoms with Crippen LogP contribution >= 0.6 is 0 Å². The van der Waals surface area contributed by atoms with Crippen molar-refractivity contribution in [2.75, 3.05) is 19.7 Å². The summed E-state index contributed by atoms with van der Waals surface area (Å²) in [7, 11) is 0. The van der Waals surface area contributed by atoms with Crippen molar-refractivity contribution in [3.63, 3.8) is 0 Å². The summed E-state index contributed by atoms with van der Waals surface area (Å²) >= 11 is 0. The molecule has 1 atom stereocenters. The Labute approximate surface area is 223 Å². The second-order valence-corrected chi connectivity index (χ2v) is 9.44. The first kappa shape index (κ1) is 28.3. The van der Waals surface area contributed by atoms with Gasteiger partial charge in [0.2, 0.25) is 5.89 Å². The van der Waals surface area contributed by atoms with E-state index >= 15 is 0 Å². The second-order valence-electron chi connectivity index (χ2n) is 9.44. The summed E-state index contributed by atoms with van der Waals surface area (Å²) in [4.78, 5) is 33.0. The van der Waals surface area contributed by atoms with Crippen LogP contribution in [-0.4, -0.2) is 46.4 Å². The fourth-order valence-corrected chi connectivity index (χ4v) is 4.52. The number of hydrogen-bond donors (Lipinski definition) is 0. The molecule has 0 radical (unpaired) electrons. The molecule has 0 bridgehead atoms. The molecule has 2 heterocycles. The minimum Gasteiger partial charge on any atom is -0.466 e. The molecule has 7 nitrogen and oxygen atoms in total. The Kier molecular flexibility index (Phi) is 9.01. The van der Waals surface area contributed by atoms with E-state index < -0.39 is 11.7 Å². The zero-order valence-corrected chi connectivity index (χ0v) is 21.4. The molecule has 208 valence electrons. The number of aromatic nitrogens is 1. The summed E-state index contributed by atoms with van der Waals surface area (Å²) in [5.41, 5.74) is 0.775. The molecule has 1 fully saturated rings. The van der Waals surface area contributed by atoms with Gasteiger partial charge in [-0.1, -0.05) is 24.3 Å². The van der Waals surface area contributed by atoms with Gasteiger partial charge in [0.05, 0.1) is 24.6 Å². The number of benzene rings is 2. The molecule has 0 unspecified atom stereocenters. The third kappa shape index (κ3) is 7.66. The number of rotatable bonds is 9. The largest absolute Gasteiger partial charge is 0.466 e. The normalized spacial score (nSPS) is 15.9. The quantitative estimate of drug-likeness (QED) is 0.262. The van der Waals surface area contributed by atoms with Gasteiger partial charge in [-0.15, -0.1) is 0 Å². The van der Waals surface area contributed by atoms with Crippen molar-refractivity contribution in [1.29, 1.82) is 0 Å². The number of alkyl halides is 3. The van der Waals surface area contributed by atoms with Crippen LogP contribution in [0, 0.1) is 11.7 Å². The van der Waals surface area contributed by atoms with Crippen LogP contribution < -0.4 is 0 Å². The number of amides is 1. The van der Waals surface area contributed by atoms with E-state index in [-0.39, 0.29) is 61.4 Å². The molecule has 1 saturated heterocycles. The monoisotopic (exact) mass is 547 g/mol. The van der Waals surface area contributed by atoms with E-state index in [4.69, 9.17) is 9.15 Å². The molecule has 0 saturated carbocycles. The number of carbonyl (C=O) groups excluding carboxylic acids is 2. The minimum absolute atomic E-state index is 0.103. The second kappa shape index (κ2) is 12.4.